The predicted molar refractivity (Wildman–Crippen MR) is 122 cm³/mol. The number of benzene rings is 1. The van der Waals surface area contributed by atoms with Crippen LogP contribution >= 0.6 is 0 Å². The summed E-state index contributed by atoms with van der Waals surface area (Å²) in [6, 6.07) is 10.8. The highest BCUT2D eigenvalue weighted by atomic mass is 16.3. The van der Waals surface area contributed by atoms with Crippen molar-refractivity contribution < 1.29 is 5.11 Å². The Balaban J connectivity index is 1.44. The van der Waals surface area contributed by atoms with Crippen molar-refractivity contribution in [1.82, 2.24) is 14.9 Å². The van der Waals surface area contributed by atoms with E-state index in [4.69, 9.17) is 0 Å². The third-order valence-corrected chi connectivity index (χ3v) is 6.22. The fourth-order valence-corrected chi connectivity index (χ4v) is 4.26. The first-order valence-electron chi connectivity index (χ1n) is 11.1. The highest BCUT2D eigenvalue weighted by molar-refractivity contribution is 5.56. The number of hydrogen-bond donors (Lipinski definition) is 3. The Labute approximate surface area is 183 Å². The van der Waals surface area contributed by atoms with Crippen LogP contribution in [0.2, 0.25) is 0 Å². The molecule has 8 heteroatoms. The molecule has 31 heavy (non-hydrogen) atoms. The summed E-state index contributed by atoms with van der Waals surface area (Å²) in [6.45, 7) is 4.78. The Hall–Kier alpha value is -2.89. The lowest BCUT2D eigenvalue weighted by Crippen LogP contribution is -2.44. The molecule has 0 unspecified atom stereocenters. The van der Waals surface area contributed by atoms with Crippen LogP contribution in [-0.4, -0.2) is 65.3 Å². The van der Waals surface area contributed by atoms with Gasteiger partial charge in [-0.25, -0.2) is 4.98 Å². The molecule has 0 spiro atoms. The molecule has 1 aliphatic heterocycles. The lowest BCUT2D eigenvalue weighted by molar-refractivity contribution is 0.126. The van der Waals surface area contributed by atoms with Gasteiger partial charge in [-0.05, 0) is 44.4 Å². The van der Waals surface area contributed by atoms with Gasteiger partial charge in [-0.2, -0.15) is 10.2 Å². The van der Waals surface area contributed by atoms with E-state index in [9.17, 15) is 10.4 Å². The van der Waals surface area contributed by atoms with Crippen LogP contribution < -0.4 is 15.5 Å². The van der Waals surface area contributed by atoms with Gasteiger partial charge in [0.25, 0.3) is 0 Å². The van der Waals surface area contributed by atoms with Crippen LogP contribution in [0.15, 0.2) is 30.5 Å². The molecule has 8 nitrogen and oxygen atoms in total. The molecular weight excluding hydrogens is 390 g/mol. The van der Waals surface area contributed by atoms with Gasteiger partial charge >= 0.3 is 0 Å². The molecule has 0 bridgehead atoms. The second-order valence-corrected chi connectivity index (χ2v) is 8.49. The SMILES string of the molecule is CN1CCN(c2ccccc2CNc2ncc(C#N)c(NC3CCC(O)CC3)n2)CC1. The Morgan fingerprint density at radius 1 is 1.13 bits per heavy atom. The number of aliphatic hydroxyl groups excluding tert-OH is 1. The summed E-state index contributed by atoms with van der Waals surface area (Å²) in [4.78, 5) is 13.7. The molecule has 1 saturated carbocycles. The molecule has 1 aromatic carbocycles. The number of nitrogens with zero attached hydrogens (tertiary/aromatic N) is 5. The molecule has 2 heterocycles. The summed E-state index contributed by atoms with van der Waals surface area (Å²) in [5.74, 6) is 1.07. The van der Waals surface area contributed by atoms with Crippen molar-refractivity contribution in [2.75, 3.05) is 48.8 Å². The summed E-state index contributed by atoms with van der Waals surface area (Å²) in [5.41, 5.74) is 2.89. The number of aromatic nitrogens is 2. The van der Waals surface area contributed by atoms with Crippen LogP contribution in [0, 0.1) is 11.3 Å². The van der Waals surface area contributed by atoms with E-state index in [-0.39, 0.29) is 12.1 Å². The van der Waals surface area contributed by atoms with Crippen LogP contribution in [0.4, 0.5) is 17.5 Å². The van der Waals surface area contributed by atoms with Gasteiger partial charge in [-0.15, -0.1) is 0 Å². The molecule has 1 saturated heterocycles. The predicted octanol–water partition coefficient (Wildman–Crippen LogP) is 2.43. The number of aliphatic hydroxyl groups is 1. The Morgan fingerprint density at radius 3 is 2.61 bits per heavy atom. The summed E-state index contributed by atoms with van der Waals surface area (Å²) in [6.07, 6.45) is 4.66. The van der Waals surface area contributed by atoms with Crippen molar-refractivity contribution in [3.63, 3.8) is 0 Å². The van der Waals surface area contributed by atoms with Gasteiger partial charge in [-0.1, -0.05) is 18.2 Å². The van der Waals surface area contributed by atoms with Crippen molar-refractivity contribution in [2.24, 2.45) is 0 Å². The molecular formula is C23H31N7O. The van der Waals surface area contributed by atoms with E-state index in [1.54, 1.807) is 6.20 Å². The van der Waals surface area contributed by atoms with Crippen LogP contribution in [0.3, 0.4) is 0 Å². The molecule has 4 rings (SSSR count). The fraction of sp³-hybridized carbons (Fsp3) is 0.522. The van der Waals surface area contributed by atoms with E-state index >= 15 is 0 Å². The Morgan fingerprint density at radius 2 is 1.87 bits per heavy atom. The fourth-order valence-electron chi connectivity index (χ4n) is 4.26. The van der Waals surface area contributed by atoms with E-state index in [1.165, 1.54) is 11.3 Å². The molecule has 2 aromatic rings. The molecule has 3 N–H and O–H groups in total. The Bertz CT molecular complexity index is 912. The minimum Gasteiger partial charge on any atom is -0.393 e. The van der Waals surface area contributed by atoms with Crippen LogP contribution in [0.5, 0.6) is 0 Å². The third kappa shape index (κ3) is 5.43. The zero-order valence-electron chi connectivity index (χ0n) is 18.1. The van der Waals surface area contributed by atoms with E-state index in [0.29, 0.717) is 23.9 Å². The summed E-state index contributed by atoms with van der Waals surface area (Å²) >= 11 is 0. The molecule has 2 fully saturated rings. The molecule has 1 aliphatic carbocycles. The minimum absolute atomic E-state index is 0.212. The zero-order valence-corrected chi connectivity index (χ0v) is 18.1. The smallest absolute Gasteiger partial charge is 0.224 e. The molecule has 0 amide bonds. The van der Waals surface area contributed by atoms with Crippen molar-refractivity contribution in [1.29, 1.82) is 5.26 Å². The van der Waals surface area contributed by atoms with Gasteiger partial charge in [-0.3, -0.25) is 0 Å². The molecule has 2 aliphatic rings. The van der Waals surface area contributed by atoms with Crippen molar-refractivity contribution in [2.45, 2.75) is 44.4 Å². The number of nitrogens with one attached hydrogen (secondary N) is 2. The lowest BCUT2D eigenvalue weighted by Gasteiger charge is -2.35. The van der Waals surface area contributed by atoms with Crippen LogP contribution in [0.1, 0.15) is 36.8 Å². The van der Waals surface area contributed by atoms with E-state index in [1.807, 2.05) is 0 Å². The number of likely N-dealkylation sites (N-methyl/N-ethyl adjacent to an activating group) is 1. The number of piperazine rings is 1. The highest BCUT2D eigenvalue weighted by Gasteiger charge is 2.21. The zero-order chi connectivity index (χ0) is 21.6. The first-order chi connectivity index (χ1) is 15.1. The second kappa shape index (κ2) is 9.94. The largest absolute Gasteiger partial charge is 0.393 e. The first kappa shape index (κ1) is 21.3. The van der Waals surface area contributed by atoms with Gasteiger partial charge in [0, 0.05) is 44.5 Å². The van der Waals surface area contributed by atoms with E-state index in [0.717, 1.165) is 51.9 Å². The topological polar surface area (TPSA) is 100 Å². The molecule has 0 radical (unpaired) electrons. The highest BCUT2D eigenvalue weighted by Crippen LogP contribution is 2.25. The van der Waals surface area contributed by atoms with Gasteiger partial charge < -0.3 is 25.5 Å². The minimum atomic E-state index is -0.212. The molecule has 164 valence electrons. The van der Waals surface area contributed by atoms with Crippen molar-refractivity contribution >= 4 is 17.5 Å². The maximum absolute atomic E-state index is 9.72. The van der Waals surface area contributed by atoms with Gasteiger partial charge in [0.05, 0.1) is 12.3 Å². The quantitative estimate of drug-likeness (QED) is 0.654. The average molecular weight is 422 g/mol. The van der Waals surface area contributed by atoms with Gasteiger partial charge in [0.15, 0.2) is 0 Å². The number of rotatable bonds is 6. The van der Waals surface area contributed by atoms with Gasteiger partial charge in [0.2, 0.25) is 5.95 Å². The monoisotopic (exact) mass is 421 g/mol. The summed E-state index contributed by atoms with van der Waals surface area (Å²) in [7, 11) is 2.16. The van der Waals surface area contributed by atoms with E-state index < -0.39 is 0 Å². The maximum atomic E-state index is 9.72. The second-order valence-electron chi connectivity index (χ2n) is 8.49. The normalized spacial score (nSPS) is 22.0. The summed E-state index contributed by atoms with van der Waals surface area (Å²) in [5, 5.41) is 25.9. The third-order valence-electron chi connectivity index (χ3n) is 6.22. The Kier molecular flexibility index (Phi) is 6.85. The standard InChI is InChI=1S/C23H31N7O/c1-29-10-12-30(13-11-29)21-5-3-2-4-17(21)15-25-23-26-16-18(14-24)22(28-23)27-19-6-8-20(31)9-7-19/h2-5,16,19-20,31H,6-13,15H2,1H3,(H2,25,26,27,28). The van der Waals surface area contributed by atoms with E-state index in [2.05, 4.69) is 67.8 Å². The molecule has 0 atom stereocenters. The number of para-hydroxylation sites is 1. The average Bonchev–Trinajstić information content (AvgIpc) is 2.80. The summed E-state index contributed by atoms with van der Waals surface area (Å²) < 4.78 is 0. The maximum Gasteiger partial charge on any atom is 0.224 e. The molecule has 1 aromatic heterocycles. The van der Waals surface area contributed by atoms with Crippen LogP contribution in [0.25, 0.3) is 0 Å². The first-order valence-corrected chi connectivity index (χ1v) is 11.1. The number of anilines is 3. The van der Waals surface area contributed by atoms with Crippen molar-refractivity contribution in [3.05, 3.63) is 41.6 Å². The number of hydrogen-bond acceptors (Lipinski definition) is 8. The number of nitriles is 1. The van der Waals surface area contributed by atoms with Gasteiger partial charge in [0.1, 0.15) is 17.5 Å². The van der Waals surface area contributed by atoms with Crippen LogP contribution in [-0.2, 0) is 6.54 Å². The van der Waals surface area contributed by atoms with Crippen molar-refractivity contribution in [3.8, 4) is 6.07 Å². The lowest BCUT2D eigenvalue weighted by atomic mass is 9.93.